The van der Waals surface area contributed by atoms with E-state index in [2.05, 4.69) is 26.7 Å². The Kier molecular flexibility index (Phi) is 1.20. The Hall–Kier alpha value is -1.03. The molecule has 4 heteroatoms. The SMILES string of the molecule is c1cc2c(s1)N=C1NCCN1C2. The van der Waals surface area contributed by atoms with Crippen molar-refractivity contribution in [2.75, 3.05) is 13.1 Å². The second-order valence-electron chi connectivity index (χ2n) is 3.03. The van der Waals surface area contributed by atoms with Gasteiger partial charge in [-0.25, -0.2) is 4.99 Å². The fraction of sp³-hybridized carbons (Fsp3) is 0.375. The zero-order valence-electron chi connectivity index (χ0n) is 6.58. The molecule has 62 valence electrons. The van der Waals surface area contributed by atoms with Crippen LogP contribution in [0.15, 0.2) is 16.4 Å². The maximum absolute atomic E-state index is 4.52. The molecular formula is C8H9N3S. The first kappa shape index (κ1) is 6.48. The minimum absolute atomic E-state index is 1.03. The normalized spacial score (nSPS) is 19.7. The van der Waals surface area contributed by atoms with Gasteiger partial charge in [-0.15, -0.1) is 11.3 Å². The summed E-state index contributed by atoms with van der Waals surface area (Å²) in [5.41, 5.74) is 1.37. The fourth-order valence-electron chi connectivity index (χ4n) is 1.63. The number of hydrogen-bond donors (Lipinski definition) is 1. The summed E-state index contributed by atoms with van der Waals surface area (Å²) in [5, 5.41) is 6.56. The number of nitrogens with zero attached hydrogens (tertiary/aromatic N) is 2. The van der Waals surface area contributed by atoms with Crippen molar-refractivity contribution in [1.29, 1.82) is 0 Å². The molecule has 0 aromatic carbocycles. The Balaban J connectivity index is 2.09. The van der Waals surface area contributed by atoms with Crippen LogP contribution < -0.4 is 5.32 Å². The number of hydrogen-bond acceptors (Lipinski definition) is 4. The summed E-state index contributed by atoms with van der Waals surface area (Å²) < 4.78 is 0. The van der Waals surface area contributed by atoms with Gasteiger partial charge in [0.2, 0.25) is 0 Å². The maximum Gasteiger partial charge on any atom is 0.200 e. The largest absolute Gasteiger partial charge is 0.354 e. The van der Waals surface area contributed by atoms with Crippen molar-refractivity contribution in [3.63, 3.8) is 0 Å². The quantitative estimate of drug-likeness (QED) is 0.647. The van der Waals surface area contributed by atoms with Gasteiger partial charge in [-0.1, -0.05) is 0 Å². The molecule has 0 saturated carbocycles. The van der Waals surface area contributed by atoms with Gasteiger partial charge in [-0.3, -0.25) is 0 Å². The Morgan fingerprint density at radius 1 is 1.58 bits per heavy atom. The number of guanidine groups is 1. The maximum atomic E-state index is 4.52. The summed E-state index contributed by atoms with van der Waals surface area (Å²) in [5.74, 6) is 1.06. The molecule has 0 radical (unpaired) electrons. The van der Waals surface area contributed by atoms with Gasteiger partial charge in [-0.2, -0.15) is 0 Å². The molecule has 1 N–H and O–H groups in total. The van der Waals surface area contributed by atoms with Crippen molar-refractivity contribution in [2.45, 2.75) is 6.54 Å². The molecule has 0 aliphatic carbocycles. The fourth-order valence-corrected chi connectivity index (χ4v) is 2.42. The van der Waals surface area contributed by atoms with Gasteiger partial charge in [0.05, 0.1) is 0 Å². The van der Waals surface area contributed by atoms with E-state index in [-0.39, 0.29) is 0 Å². The van der Waals surface area contributed by atoms with E-state index in [0.29, 0.717) is 0 Å². The highest BCUT2D eigenvalue weighted by molar-refractivity contribution is 7.14. The average molecular weight is 179 g/mol. The van der Waals surface area contributed by atoms with Gasteiger partial charge >= 0.3 is 0 Å². The molecule has 0 amide bonds. The topological polar surface area (TPSA) is 27.6 Å². The molecule has 3 heterocycles. The zero-order valence-corrected chi connectivity index (χ0v) is 7.40. The summed E-state index contributed by atoms with van der Waals surface area (Å²) >= 11 is 1.72. The summed E-state index contributed by atoms with van der Waals surface area (Å²) in [7, 11) is 0. The molecule has 1 fully saturated rings. The monoisotopic (exact) mass is 179 g/mol. The number of nitrogens with one attached hydrogen (secondary N) is 1. The minimum atomic E-state index is 1.03. The molecule has 1 aromatic rings. The second-order valence-corrected chi connectivity index (χ2v) is 3.93. The average Bonchev–Trinajstić information content (AvgIpc) is 2.64. The lowest BCUT2D eigenvalue weighted by Gasteiger charge is -2.20. The van der Waals surface area contributed by atoms with Crippen molar-refractivity contribution < 1.29 is 0 Å². The van der Waals surface area contributed by atoms with Crippen LogP contribution in [0.2, 0.25) is 0 Å². The highest BCUT2D eigenvalue weighted by atomic mass is 32.1. The molecule has 0 spiro atoms. The predicted molar refractivity (Wildman–Crippen MR) is 49.8 cm³/mol. The third-order valence-electron chi connectivity index (χ3n) is 2.26. The number of rotatable bonds is 0. The third-order valence-corrected chi connectivity index (χ3v) is 3.11. The lowest BCUT2D eigenvalue weighted by atomic mass is 10.3. The Morgan fingerprint density at radius 3 is 3.58 bits per heavy atom. The van der Waals surface area contributed by atoms with Gasteiger partial charge in [0.1, 0.15) is 5.00 Å². The van der Waals surface area contributed by atoms with E-state index < -0.39 is 0 Å². The van der Waals surface area contributed by atoms with Gasteiger partial charge in [0, 0.05) is 25.2 Å². The summed E-state index contributed by atoms with van der Waals surface area (Å²) in [6.07, 6.45) is 0. The molecular weight excluding hydrogens is 170 g/mol. The molecule has 0 bridgehead atoms. The van der Waals surface area contributed by atoms with E-state index in [9.17, 15) is 0 Å². The van der Waals surface area contributed by atoms with Gasteiger partial charge in [-0.05, 0) is 11.4 Å². The van der Waals surface area contributed by atoms with Gasteiger partial charge in [0.25, 0.3) is 0 Å². The standard InChI is InChI=1S/C8H9N3S/c1-4-12-7-6(1)5-11-3-2-9-8(11)10-7/h1,4H,2-3,5H2,(H,9,10). The van der Waals surface area contributed by atoms with Crippen LogP contribution in [0.4, 0.5) is 5.00 Å². The molecule has 12 heavy (non-hydrogen) atoms. The van der Waals surface area contributed by atoms with Crippen LogP contribution in [0.5, 0.6) is 0 Å². The van der Waals surface area contributed by atoms with Crippen LogP contribution in [-0.2, 0) is 6.54 Å². The van der Waals surface area contributed by atoms with Crippen LogP contribution in [-0.4, -0.2) is 23.9 Å². The number of fused-ring (bicyclic) bond motifs is 2. The molecule has 1 aromatic heterocycles. The van der Waals surface area contributed by atoms with Crippen LogP contribution >= 0.6 is 11.3 Å². The molecule has 2 aliphatic rings. The first-order valence-corrected chi connectivity index (χ1v) is 4.95. The van der Waals surface area contributed by atoms with E-state index in [4.69, 9.17) is 0 Å². The zero-order chi connectivity index (χ0) is 7.97. The van der Waals surface area contributed by atoms with E-state index in [1.54, 1.807) is 11.3 Å². The minimum Gasteiger partial charge on any atom is -0.354 e. The third kappa shape index (κ3) is 0.783. The van der Waals surface area contributed by atoms with Gasteiger partial charge < -0.3 is 10.2 Å². The van der Waals surface area contributed by atoms with Crippen molar-refractivity contribution in [3.05, 3.63) is 17.0 Å². The van der Waals surface area contributed by atoms with Crippen molar-refractivity contribution in [3.8, 4) is 0 Å². The molecule has 0 unspecified atom stereocenters. The highest BCUT2D eigenvalue weighted by Gasteiger charge is 2.23. The van der Waals surface area contributed by atoms with Crippen molar-refractivity contribution >= 4 is 22.3 Å². The Morgan fingerprint density at radius 2 is 2.58 bits per heavy atom. The highest BCUT2D eigenvalue weighted by Crippen LogP contribution is 2.31. The second kappa shape index (κ2) is 2.23. The lowest BCUT2D eigenvalue weighted by Crippen LogP contribution is -2.31. The van der Waals surface area contributed by atoms with Gasteiger partial charge in [0.15, 0.2) is 5.96 Å². The summed E-state index contributed by atoms with van der Waals surface area (Å²) in [6, 6.07) is 2.17. The number of thiophene rings is 1. The molecule has 1 saturated heterocycles. The van der Waals surface area contributed by atoms with Crippen LogP contribution in [0.3, 0.4) is 0 Å². The molecule has 3 rings (SSSR count). The van der Waals surface area contributed by atoms with Crippen LogP contribution in [0, 0.1) is 0 Å². The van der Waals surface area contributed by atoms with Crippen LogP contribution in [0.25, 0.3) is 0 Å². The Bertz CT molecular complexity index is 342. The van der Waals surface area contributed by atoms with E-state index in [1.807, 2.05) is 0 Å². The molecule has 0 atom stereocenters. The van der Waals surface area contributed by atoms with Crippen LogP contribution in [0.1, 0.15) is 5.56 Å². The van der Waals surface area contributed by atoms with E-state index in [1.165, 1.54) is 10.6 Å². The van der Waals surface area contributed by atoms with E-state index >= 15 is 0 Å². The predicted octanol–water partition coefficient (Wildman–Crippen LogP) is 1.15. The first-order chi connectivity index (χ1) is 5.93. The smallest absolute Gasteiger partial charge is 0.200 e. The van der Waals surface area contributed by atoms with E-state index in [0.717, 1.165) is 25.6 Å². The lowest BCUT2D eigenvalue weighted by molar-refractivity contribution is 0.452. The Labute approximate surface area is 74.7 Å². The molecule has 3 nitrogen and oxygen atoms in total. The number of aliphatic imine (C=N–C) groups is 1. The first-order valence-electron chi connectivity index (χ1n) is 4.07. The van der Waals surface area contributed by atoms with Crippen molar-refractivity contribution in [2.24, 2.45) is 4.99 Å². The summed E-state index contributed by atoms with van der Waals surface area (Å²) in [6.45, 7) is 3.16. The summed E-state index contributed by atoms with van der Waals surface area (Å²) in [4.78, 5) is 6.80. The van der Waals surface area contributed by atoms with Crippen molar-refractivity contribution in [1.82, 2.24) is 10.2 Å². The molecule has 2 aliphatic heterocycles.